The van der Waals surface area contributed by atoms with Crippen molar-refractivity contribution < 1.29 is 9.90 Å². The van der Waals surface area contributed by atoms with Crippen molar-refractivity contribution in [2.24, 2.45) is 40.4 Å². The number of carbonyl (C=O) groups is 1. The van der Waals surface area contributed by atoms with Crippen molar-refractivity contribution in [2.75, 3.05) is 0 Å². The SMILES string of the molecule is CC[C@]12CCC[C@@](C)(O)C[C@H]1CC[C@H]1[C@@H]3CC[C@H](C(=O)Cn4cc(C#N)cn4)[C@@]3(C)CC[C@@H]12. The first-order chi connectivity index (χ1) is 15.7. The van der Waals surface area contributed by atoms with Gasteiger partial charge >= 0.3 is 0 Å². The Morgan fingerprint density at radius 1 is 1.18 bits per heavy atom. The lowest BCUT2D eigenvalue weighted by Gasteiger charge is -2.60. The van der Waals surface area contributed by atoms with Crippen molar-refractivity contribution in [1.29, 1.82) is 5.26 Å². The number of aliphatic hydroxyl groups is 1. The minimum absolute atomic E-state index is 0.0987. The van der Waals surface area contributed by atoms with E-state index in [0.29, 0.717) is 35.1 Å². The predicted octanol–water partition coefficient (Wildman–Crippen LogP) is 5.51. The van der Waals surface area contributed by atoms with E-state index in [9.17, 15) is 9.90 Å². The molecule has 0 spiro atoms. The summed E-state index contributed by atoms with van der Waals surface area (Å²) in [6.45, 7) is 7.17. The zero-order valence-electron chi connectivity index (χ0n) is 20.7. The largest absolute Gasteiger partial charge is 0.390 e. The molecule has 5 rings (SSSR count). The molecular formula is C28H41N3O2. The first-order valence-corrected chi connectivity index (χ1v) is 13.4. The second kappa shape index (κ2) is 8.22. The molecule has 180 valence electrons. The molecule has 5 nitrogen and oxygen atoms in total. The Morgan fingerprint density at radius 3 is 2.73 bits per heavy atom. The van der Waals surface area contributed by atoms with E-state index in [1.807, 2.05) is 0 Å². The van der Waals surface area contributed by atoms with E-state index in [-0.39, 0.29) is 11.3 Å². The first kappa shape index (κ1) is 23.1. The molecule has 1 heterocycles. The number of ketones is 1. The zero-order chi connectivity index (χ0) is 23.4. The second-order valence-electron chi connectivity index (χ2n) is 12.5. The Hall–Kier alpha value is -1.67. The van der Waals surface area contributed by atoms with Crippen LogP contribution in [0.5, 0.6) is 0 Å². The van der Waals surface area contributed by atoms with Gasteiger partial charge in [0.25, 0.3) is 0 Å². The Balaban J connectivity index is 1.36. The number of Topliss-reactive ketones (excluding diaryl/α,β-unsaturated/α-hetero) is 1. The number of aromatic nitrogens is 2. The number of nitriles is 1. The lowest BCUT2D eigenvalue weighted by molar-refractivity contribution is -0.137. The Labute approximate surface area is 198 Å². The Kier molecular flexibility index (Phi) is 5.75. The van der Waals surface area contributed by atoms with Crippen molar-refractivity contribution >= 4 is 5.78 Å². The number of carbonyl (C=O) groups excluding carboxylic acids is 1. The van der Waals surface area contributed by atoms with E-state index >= 15 is 0 Å². The van der Waals surface area contributed by atoms with Gasteiger partial charge in [-0.15, -0.1) is 0 Å². The molecule has 0 saturated heterocycles. The van der Waals surface area contributed by atoms with Gasteiger partial charge in [0.2, 0.25) is 0 Å². The maximum atomic E-state index is 13.4. The molecule has 4 fully saturated rings. The lowest BCUT2D eigenvalue weighted by Crippen LogP contribution is -2.53. The molecule has 8 atom stereocenters. The molecule has 0 aliphatic heterocycles. The third-order valence-corrected chi connectivity index (χ3v) is 11.0. The average Bonchev–Trinajstić information content (AvgIpc) is 3.34. The molecule has 0 amide bonds. The second-order valence-corrected chi connectivity index (χ2v) is 12.5. The fourth-order valence-corrected chi connectivity index (χ4v) is 9.55. The van der Waals surface area contributed by atoms with Crippen LogP contribution in [0.25, 0.3) is 0 Å². The summed E-state index contributed by atoms with van der Waals surface area (Å²) in [4.78, 5) is 13.4. The molecule has 0 unspecified atom stereocenters. The molecule has 1 N–H and O–H groups in total. The highest BCUT2D eigenvalue weighted by molar-refractivity contribution is 5.82. The summed E-state index contributed by atoms with van der Waals surface area (Å²) in [5.74, 6) is 3.20. The van der Waals surface area contributed by atoms with Crippen LogP contribution in [0, 0.1) is 51.8 Å². The summed E-state index contributed by atoms with van der Waals surface area (Å²) >= 11 is 0. The summed E-state index contributed by atoms with van der Waals surface area (Å²) in [7, 11) is 0. The van der Waals surface area contributed by atoms with Crippen LogP contribution >= 0.6 is 0 Å². The van der Waals surface area contributed by atoms with Gasteiger partial charge in [-0.1, -0.05) is 20.3 Å². The van der Waals surface area contributed by atoms with Crippen molar-refractivity contribution in [3.63, 3.8) is 0 Å². The number of nitrogens with zero attached hydrogens (tertiary/aromatic N) is 3. The Bertz CT molecular complexity index is 945. The van der Waals surface area contributed by atoms with E-state index in [0.717, 1.165) is 43.9 Å². The van der Waals surface area contributed by atoms with Crippen molar-refractivity contribution in [3.05, 3.63) is 18.0 Å². The normalized spacial score (nSPS) is 44.8. The van der Waals surface area contributed by atoms with E-state index in [1.165, 1.54) is 38.5 Å². The highest BCUT2D eigenvalue weighted by atomic mass is 16.3. The lowest BCUT2D eigenvalue weighted by atomic mass is 9.45. The van der Waals surface area contributed by atoms with Crippen LogP contribution in [0.2, 0.25) is 0 Å². The van der Waals surface area contributed by atoms with E-state index in [1.54, 1.807) is 17.1 Å². The minimum Gasteiger partial charge on any atom is -0.390 e. The summed E-state index contributed by atoms with van der Waals surface area (Å²) in [5, 5.41) is 24.3. The molecule has 4 aliphatic rings. The number of hydrogen-bond donors (Lipinski definition) is 1. The summed E-state index contributed by atoms with van der Waals surface area (Å²) in [6.07, 6.45) is 15.9. The minimum atomic E-state index is -0.500. The third kappa shape index (κ3) is 3.68. The summed E-state index contributed by atoms with van der Waals surface area (Å²) < 4.78 is 1.65. The van der Waals surface area contributed by atoms with E-state index in [2.05, 4.69) is 31.9 Å². The number of rotatable bonds is 4. The Morgan fingerprint density at radius 2 is 2.00 bits per heavy atom. The zero-order valence-corrected chi connectivity index (χ0v) is 20.7. The highest BCUT2D eigenvalue weighted by Crippen LogP contribution is 2.68. The van der Waals surface area contributed by atoms with Gasteiger partial charge in [-0.2, -0.15) is 10.4 Å². The van der Waals surface area contributed by atoms with Gasteiger partial charge in [0.15, 0.2) is 5.78 Å². The summed E-state index contributed by atoms with van der Waals surface area (Å²) in [6, 6.07) is 2.10. The molecule has 1 aromatic rings. The molecular weight excluding hydrogens is 410 g/mol. The van der Waals surface area contributed by atoms with Crippen LogP contribution in [0.1, 0.15) is 97.0 Å². The van der Waals surface area contributed by atoms with Crippen molar-refractivity contribution in [1.82, 2.24) is 9.78 Å². The molecule has 33 heavy (non-hydrogen) atoms. The maximum absolute atomic E-state index is 13.4. The molecule has 0 aromatic carbocycles. The van der Waals surface area contributed by atoms with E-state index < -0.39 is 5.60 Å². The van der Waals surface area contributed by atoms with Crippen LogP contribution in [-0.2, 0) is 11.3 Å². The fraction of sp³-hybridized carbons (Fsp3) is 0.821. The van der Waals surface area contributed by atoms with Gasteiger partial charge in [0.05, 0.1) is 23.9 Å². The molecule has 1 aromatic heterocycles. The van der Waals surface area contributed by atoms with Gasteiger partial charge in [-0.3, -0.25) is 9.48 Å². The quantitative estimate of drug-likeness (QED) is 0.654. The van der Waals surface area contributed by atoms with Crippen LogP contribution in [0.15, 0.2) is 12.4 Å². The first-order valence-electron chi connectivity index (χ1n) is 13.4. The molecule has 4 saturated carbocycles. The van der Waals surface area contributed by atoms with Crippen LogP contribution in [0.4, 0.5) is 0 Å². The third-order valence-electron chi connectivity index (χ3n) is 11.0. The van der Waals surface area contributed by atoms with Crippen LogP contribution in [0.3, 0.4) is 0 Å². The molecule has 4 aliphatic carbocycles. The van der Waals surface area contributed by atoms with Gasteiger partial charge in [0.1, 0.15) is 6.07 Å². The van der Waals surface area contributed by atoms with Gasteiger partial charge in [-0.05, 0) is 106 Å². The van der Waals surface area contributed by atoms with Crippen molar-refractivity contribution in [3.8, 4) is 6.07 Å². The fourth-order valence-electron chi connectivity index (χ4n) is 9.55. The van der Waals surface area contributed by atoms with Crippen LogP contribution < -0.4 is 0 Å². The standard InChI is InChI=1S/C28H41N3O2/c1-4-28-12-5-11-26(2,33)14-20(28)6-7-21-22-8-9-24(27(22,3)13-10-23(21)28)25(32)18-31-17-19(15-29)16-30-31/h16-17,20-24,33H,4-14,18H2,1-3H3/t20-,21+,22+,23+,24-,26-,27+,28+/m1/s1. The maximum Gasteiger partial charge on any atom is 0.157 e. The average molecular weight is 452 g/mol. The van der Waals surface area contributed by atoms with Gasteiger partial charge in [0, 0.05) is 12.1 Å². The van der Waals surface area contributed by atoms with E-state index in [4.69, 9.17) is 5.26 Å². The van der Waals surface area contributed by atoms with Crippen LogP contribution in [-0.4, -0.2) is 26.3 Å². The highest BCUT2D eigenvalue weighted by Gasteiger charge is 2.61. The summed E-state index contributed by atoms with van der Waals surface area (Å²) in [5.41, 5.74) is 0.500. The monoisotopic (exact) mass is 451 g/mol. The molecule has 5 heteroatoms. The predicted molar refractivity (Wildman–Crippen MR) is 127 cm³/mol. The van der Waals surface area contributed by atoms with Crippen molar-refractivity contribution in [2.45, 2.75) is 104 Å². The molecule has 0 bridgehead atoms. The van der Waals surface area contributed by atoms with Gasteiger partial charge in [-0.25, -0.2) is 0 Å². The smallest absolute Gasteiger partial charge is 0.157 e. The number of fused-ring (bicyclic) bond motifs is 5. The topological polar surface area (TPSA) is 78.9 Å². The van der Waals surface area contributed by atoms with Gasteiger partial charge < -0.3 is 5.11 Å². The number of hydrogen-bond acceptors (Lipinski definition) is 4. The molecule has 0 radical (unpaired) electrons.